The van der Waals surface area contributed by atoms with Gasteiger partial charge in [0.1, 0.15) is 24.4 Å². The zero-order valence-electron chi connectivity index (χ0n) is 46.4. The summed E-state index contributed by atoms with van der Waals surface area (Å²) in [6.07, 6.45) is 52.4. The highest BCUT2D eigenvalue weighted by Gasteiger charge is 2.44. The first-order valence-corrected chi connectivity index (χ1v) is 30.3. The van der Waals surface area contributed by atoms with Gasteiger partial charge in [0, 0.05) is 12.8 Å². The van der Waals surface area contributed by atoms with Gasteiger partial charge in [-0.2, -0.15) is 0 Å². The van der Waals surface area contributed by atoms with Gasteiger partial charge in [0.2, 0.25) is 5.91 Å². The Morgan fingerprint density at radius 3 is 1.42 bits per heavy atom. The van der Waals surface area contributed by atoms with Crippen LogP contribution in [0.4, 0.5) is 0 Å². The van der Waals surface area contributed by atoms with Crippen LogP contribution in [0, 0.1) is 0 Å². The van der Waals surface area contributed by atoms with Crippen LogP contribution in [0.25, 0.3) is 0 Å². The van der Waals surface area contributed by atoms with E-state index in [9.17, 15) is 35.1 Å². The molecule has 11 nitrogen and oxygen atoms in total. The predicted molar refractivity (Wildman–Crippen MR) is 297 cm³/mol. The third kappa shape index (κ3) is 40.2. The third-order valence-electron chi connectivity index (χ3n) is 14.2. The number of aliphatic hydroxyl groups excluding tert-OH is 5. The van der Waals surface area contributed by atoms with Crippen molar-refractivity contribution in [3.8, 4) is 0 Å². The summed E-state index contributed by atoms with van der Waals surface area (Å²) in [5, 5.41) is 54.2. The molecule has 0 saturated carbocycles. The fourth-order valence-electron chi connectivity index (χ4n) is 9.41. The molecule has 422 valence electrons. The van der Waals surface area contributed by atoms with Gasteiger partial charge in [-0.25, -0.2) is 0 Å². The van der Waals surface area contributed by atoms with E-state index in [-0.39, 0.29) is 18.5 Å². The van der Waals surface area contributed by atoms with E-state index in [0.29, 0.717) is 19.4 Å². The van der Waals surface area contributed by atoms with E-state index in [4.69, 9.17) is 14.2 Å². The molecule has 0 radical (unpaired) electrons. The normalized spacial score (nSPS) is 19.2. The molecule has 1 fully saturated rings. The second kappa shape index (κ2) is 51.0. The summed E-state index contributed by atoms with van der Waals surface area (Å²) in [7, 11) is 0. The van der Waals surface area contributed by atoms with Gasteiger partial charge >= 0.3 is 5.97 Å². The highest BCUT2D eigenvalue weighted by Crippen LogP contribution is 2.23. The molecule has 1 aliphatic heterocycles. The van der Waals surface area contributed by atoms with E-state index in [0.717, 1.165) is 70.6 Å². The molecule has 1 rings (SSSR count). The van der Waals surface area contributed by atoms with Crippen LogP contribution < -0.4 is 5.32 Å². The average Bonchev–Trinajstić information content (AvgIpc) is 3.38. The van der Waals surface area contributed by atoms with Crippen molar-refractivity contribution in [1.82, 2.24) is 5.32 Å². The molecule has 0 bridgehead atoms. The van der Waals surface area contributed by atoms with Gasteiger partial charge in [-0.05, 0) is 64.2 Å². The molecule has 1 amide bonds. The molecule has 72 heavy (non-hydrogen) atoms. The van der Waals surface area contributed by atoms with Crippen LogP contribution in [-0.2, 0) is 23.8 Å². The lowest BCUT2D eigenvalue weighted by atomic mass is 9.99. The van der Waals surface area contributed by atoms with E-state index in [1.807, 2.05) is 6.08 Å². The van der Waals surface area contributed by atoms with Crippen molar-refractivity contribution < 1.29 is 49.3 Å². The number of amides is 1. The van der Waals surface area contributed by atoms with Gasteiger partial charge in [-0.3, -0.25) is 9.59 Å². The molecule has 0 aromatic heterocycles. The summed E-state index contributed by atoms with van der Waals surface area (Å²) < 4.78 is 16.7. The smallest absolute Gasteiger partial charge is 0.305 e. The van der Waals surface area contributed by atoms with Crippen molar-refractivity contribution in [2.24, 2.45) is 0 Å². The molecule has 0 spiro atoms. The molecule has 0 aromatic carbocycles. The summed E-state index contributed by atoms with van der Waals surface area (Å²) in [6, 6.07) is -0.813. The number of rotatable bonds is 52. The van der Waals surface area contributed by atoms with E-state index in [2.05, 4.69) is 43.5 Å². The second-order valence-electron chi connectivity index (χ2n) is 21.1. The molecule has 0 aromatic rings. The number of aliphatic hydroxyl groups is 5. The lowest BCUT2D eigenvalue weighted by molar-refractivity contribution is -0.302. The number of ether oxygens (including phenoxy) is 3. The molecule has 1 heterocycles. The number of carbonyl (C=O) groups excluding carboxylic acids is 2. The zero-order chi connectivity index (χ0) is 52.4. The van der Waals surface area contributed by atoms with Gasteiger partial charge < -0.3 is 45.1 Å². The molecule has 6 N–H and O–H groups in total. The summed E-state index contributed by atoms with van der Waals surface area (Å²) in [4.78, 5) is 25.1. The van der Waals surface area contributed by atoms with E-state index >= 15 is 0 Å². The SMILES string of the molecule is CCCCCC/C=C\C/C=C\CCCCCCCCCC(=O)OCCCCCCCCCCCCCCCCCCCC(=O)NC(COC1OC(CO)C(O)C(O)C1O)C(O)/C=C/CCCCCCCCC. The van der Waals surface area contributed by atoms with Gasteiger partial charge in [-0.1, -0.05) is 237 Å². The Morgan fingerprint density at radius 1 is 0.514 bits per heavy atom. The van der Waals surface area contributed by atoms with Crippen LogP contribution in [0.1, 0.15) is 277 Å². The number of nitrogens with one attached hydrogen (secondary N) is 1. The number of allylic oxidation sites excluding steroid dienone is 5. The quantitative estimate of drug-likeness (QED) is 0.0195. The van der Waals surface area contributed by atoms with E-state index in [1.54, 1.807) is 6.08 Å². The molecule has 7 unspecified atom stereocenters. The number of esters is 1. The van der Waals surface area contributed by atoms with Gasteiger partial charge in [0.05, 0.1) is 32.0 Å². The largest absolute Gasteiger partial charge is 0.466 e. The molecule has 1 aliphatic rings. The van der Waals surface area contributed by atoms with Crippen LogP contribution in [0.15, 0.2) is 36.5 Å². The second-order valence-corrected chi connectivity index (χ2v) is 21.1. The third-order valence-corrected chi connectivity index (χ3v) is 14.2. The Morgan fingerprint density at radius 2 is 0.931 bits per heavy atom. The minimum Gasteiger partial charge on any atom is -0.466 e. The summed E-state index contributed by atoms with van der Waals surface area (Å²) in [5.41, 5.74) is 0. The highest BCUT2D eigenvalue weighted by atomic mass is 16.7. The summed E-state index contributed by atoms with van der Waals surface area (Å²) >= 11 is 0. The van der Waals surface area contributed by atoms with Crippen molar-refractivity contribution in [3.63, 3.8) is 0 Å². The molecule has 0 aliphatic carbocycles. The molecule has 1 saturated heterocycles. The number of hydrogen-bond donors (Lipinski definition) is 6. The Labute approximate surface area is 441 Å². The lowest BCUT2D eigenvalue weighted by Gasteiger charge is -2.40. The van der Waals surface area contributed by atoms with E-state index < -0.39 is 49.5 Å². The number of hydrogen-bond acceptors (Lipinski definition) is 10. The number of unbranched alkanes of at least 4 members (excludes halogenated alkanes) is 34. The van der Waals surface area contributed by atoms with Gasteiger partial charge in [0.25, 0.3) is 0 Å². The van der Waals surface area contributed by atoms with Crippen LogP contribution in [0.2, 0.25) is 0 Å². The highest BCUT2D eigenvalue weighted by molar-refractivity contribution is 5.76. The Kier molecular flexibility index (Phi) is 48.1. The van der Waals surface area contributed by atoms with Crippen LogP contribution in [-0.4, -0.2) is 100 Å². The maximum Gasteiger partial charge on any atom is 0.305 e. The van der Waals surface area contributed by atoms with Crippen LogP contribution in [0.5, 0.6) is 0 Å². The topological polar surface area (TPSA) is 175 Å². The Bertz CT molecular complexity index is 1290. The standard InChI is InChI=1S/C61H113NO10/c1-3-5-7-9-11-13-14-15-16-17-20-23-26-29-33-37-41-45-49-57(66)70-50-46-42-38-34-30-27-24-21-18-19-22-25-28-32-36-40-44-48-56(65)62-53(54(64)47-43-39-35-31-12-10-8-6-4-2)52-71-61-60(69)59(68)58(67)55(51-63)72-61/h13-14,16-17,43,47,53-55,58-61,63-64,67-69H,3-12,15,18-42,44-46,48-52H2,1-2H3,(H,62,65)/b14-13-,17-16-,47-43+. The maximum absolute atomic E-state index is 13.0. The lowest BCUT2D eigenvalue weighted by Crippen LogP contribution is -2.60. The Hall–Kier alpha value is -2.12. The van der Waals surface area contributed by atoms with Gasteiger partial charge in [0.15, 0.2) is 6.29 Å². The molecule has 7 atom stereocenters. The number of carbonyl (C=O) groups is 2. The van der Waals surface area contributed by atoms with Crippen molar-refractivity contribution in [2.45, 2.75) is 320 Å². The fourth-order valence-corrected chi connectivity index (χ4v) is 9.41. The van der Waals surface area contributed by atoms with Crippen molar-refractivity contribution in [3.05, 3.63) is 36.5 Å². The molecule has 11 heteroatoms. The summed E-state index contributed by atoms with van der Waals surface area (Å²) in [5.74, 6) is -0.208. The van der Waals surface area contributed by atoms with E-state index in [1.165, 1.54) is 180 Å². The first-order chi connectivity index (χ1) is 35.2. The average molecular weight is 1020 g/mol. The predicted octanol–water partition coefficient (Wildman–Crippen LogP) is 13.9. The first-order valence-electron chi connectivity index (χ1n) is 30.3. The fraction of sp³-hybridized carbons (Fsp3) is 0.869. The summed E-state index contributed by atoms with van der Waals surface area (Å²) in [6.45, 7) is 4.28. The minimum absolute atomic E-state index is 0.0190. The molecular weight excluding hydrogens is 907 g/mol. The monoisotopic (exact) mass is 1020 g/mol. The first kappa shape index (κ1) is 67.9. The molecular formula is C61H113NO10. The Balaban J connectivity index is 2.01. The van der Waals surface area contributed by atoms with Crippen molar-refractivity contribution in [1.29, 1.82) is 0 Å². The van der Waals surface area contributed by atoms with Gasteiger partial charge in [-0.15, -0.1) is 0 Å². The minimum atomic E-state index is -1.57. The van der Waals surface area contributed by atoms with Crippen LogP contribution >= 0.6 is 0 Å². The zero-order valence-corrected chi connectivity index (χ0v) is 46.4. The van der Waals surface area contributed by atoms with Crippen molar-refractivity contribution in [2.75, 3.05) is 19.8 Å². The maximum atomic E-state index is 13.0. The van der Waals surface area contributed by atoms with Crippen molar-refractivity contribution >= 4 is 11.9 Å². The van der Waals surface area contributed by atoms with Crippen LogP contribution in [0.3, 0.4) is 0 Å².